The molecule has 0 spiro atoms. The van der Waals surface area contributed by atoms with Crippen LogP contribution in [0, 0.1) is 5.92 Å². The Morgan fingerprint density at radius 1 is 1.53 bits per heavy atom. The first kappa shape index (κ1) is 12.2. The van der Waals surface area contributed by atoms with Gasteiger partial charge in [0.2, 0.25) is 0 Å². The first-order valence-corrected chi connectivity index (χ1v) is 5.51. The van der Waals surface area contributed by atoms with Crippen molar-refractivity contribution in [1.82, 2.24) is 9.55 Å². The van der Waals surface area contributed by atoms with Crippen molar-refractivity contribution in [2.24, 2.45) is 11.7 Å². The van der Waals surface area contributed by atoms with Crippen LogP contribution in [0.2, 0.25) is 0 Å². The van der Waals surface area contributed by atoms with Crippen LogP contribution in [0.1, 0.15) is 26.0 Å². The van der Waals surface area contributed by atoms with E-state index < -0.39 is 0 Å². The summed E-state index contributed by atoms with van der Waals surface area (Å²) in [5, 5.41) is 0. The molecule has 0 aliphatic carbocycles. The molecule has 2 N–H and O–H groups in total. The Labute approximate surface area is 91.4 Å². The lowest BCUT2D eigenvalue weighted by Gasteiger charge is -2.08. The second-order valence-electron chi connectivity index (χ2n) is 4.10. The summed E-state index contributed by atoms with van der Waals surface area (Å²) in [6.45, 7) is 7.44. The third-order valence-corrected chi connectivity index (χ3v) is 2.15. The maximum absolute atomic E-state index is 5.57. The van der Waals surface area contributed by atoms with Crippen LogP contribution in [-0.4, -0.2) is 22.8 Å². The number of hydrogen-bond donors (Lipinski definition) is 1. The lowest BCUT2D eigenvalue weighted by atomic mass is 10.2. The molecule has 0 aliphatic heterocycles. The third kappa shape index (κ3) is 4.44. The molecule has 0 saturated carbocycles. The molecule has 4 heteroatoms. The van der Waals surface area contributed by atoms with Gasteiger partial charge in [-0.05, 0) is 12.3 Å². The van der Waals surface area contributed by atoms with Gasteiger partial charge in [0.15, 0.2) is 0 Å². The van der Waals surface area contributed by atoms with Gasteiger partial charge in [0.05, 0.1) is 12.0 Å². The maximum atomic E-state index is 5.57. The number of ether oxygens (including phenoxy) is 1. The molecule has 0 aromatic carbocycles. The minimum Gasteiger partial charge on any atom is -0.381 e. The largest absolute Gasteiger partial charge is 0.381 e. The number of nitrogens with zero attached hydrogens (tertiary/aromatic N) is 2. The molecule has 1 aromatic heterocycles. The van der Waals surface area contributed by atoms with Crippen LogP contribution in [0.5, 0.6) is 0 Å². The first-order valence-electron chi connectivity index (χ1n) is 5.51. The first-order chi connectivity index (χ1) is 7.24. The average Bonchev–Trinajstić information content (AvgIpc) is 2.64. The van der Waals surface area contributed by atoms with Gasteiger partial charge >= 0.3 is 0 Å². The second-order valence-corrected chi connectivity index (χ2v) is 4.10. The van der Waals surface area contributed by atoms with E-state index in [0.717, 1.165) is 31.9 Å². The number of rotatable bonds is 7. The van der Waals surface area contributed by atoms with Gasteiger partial charge in [-0.1, -0.05) is 13.8 Å². The van der Waals surface area contributed by atoms with E-state index in [9.17, 15) is 0 Å². The number of nitrogens with two attached hydrogens (primary N) is 1. The lowest BCUT2D eigenvalue weighted by molar-refractivity contribution is 0.105. The van der Waals surface area contributed by atoms with Gasteiger partial charge in [0, 0.05) is 32.5 Å². The summed E-state index contributed by atoms with van der Waals surface area (Å²) in [5.41, 5.74) is 6.66. The van der Waals surface area contributed by atoms with Gasteiger partial charge in [0.25, 0.3) is 0 Å². The fourth-order valence-electron chi connectivity index (χ4n) is 1.38. The Bertz CT molecular complexity index is 271. The van der Waals surface area contributed by atoms with Crippen molar-refractivity contribution in [2.45, 2.75) is 33.4 Å². The Hall–Kier alpha value is -0.870. The summed E-state index contributed by atoms with van der Waals surface area (Å²) in [6, 6.07) is 0. The smallest absolute Gasteiger partial charge is 0.0948 e. The predicted molar refractivity (Wildman–Crippen MR) is 60.4 cm³/mol. The van der Waals surface area contributed by atoms with E-state index in [0.29, 0.717) is 12.5 Å². The third-order valence-electron chi connectivity index (χ3n) is 2.15. The topological polar surface area (TPSA) is 53.1 Å². The second kappa shape index (κ2) is 6.58. The molecule has 0 atom stereocenters. The zero-order valence-electron chi connectivity index (χ0n) is 9.65. The Balaban J connectivity index is 2.15. The van der Waals surface area contributed by atoms with Crippen molar-refractivity contribution in [2.75, 3.05) is 13.2 Å². The van der Waals surface area contributed by atoms with Gasteiger partial charge in [-0.3, -0.25) is 0 Å². The number of imidazole rings is 1. The molecule has 1 heterocycles. The van der Waals surface area contributed by atoms with Crippen LogP contribution >= 0.6 is 0 Å². The molecular weight excluding hydrogens is 190 g/mol. The highest BCUT2D eigenvalue weighted by atomic mass is 16.5. The standard InChI is InChI=1S/C11H21N3O/c1-10(2)8-15-5-3-4-14-9-13-7-11(14)6-12/h7,9-10H,3-6,8,12H2,1-2H3. The molecule has 0 aliphatic rings. The highest BCUT2D eigenvalue weighted by Crippen LogP contribution is 2.00. The maximum Gasteiger partial charge on any atom is 0.0948 e. The van der Waals surface area contributed by atoms with Crippen molar-refractivity contribution in [3.63, 3.8) is 0 Å². The molecule has 0 unspecified atom stereocenters. The zero-order valence-corrected chi connectivity index (χ0v) is 9.65. The molecule has 0 amide bonds. The summed E-state index contributed by atoms with van der Waals surface area (Å²) >= 11 is 0. The highest BCUT2D eigenvalue weighted by Gasteiger charge is 1.99. The molecule has 0 saturated heterocycles. The van der Waals surface area contributed by atoms with Crippen molar-refractivity contribution < 1.29 is 4.74 Å². The average molecular weight is 211 g/mol. The monoisotopic (exact) mass is 211 g/mol. The number of aromatic nitrogens is 2. The molecule has 1 aromatic rings. The fraction of sp³-hybridized carbons (Fsp3) is 0.727. The lowest BCUT2D eigenvalue weighted by Crippen LogP contribution is -2.09. The van der Waals surface area contributed by atoms with Crippen LogP contribution in [0.3, 0.4) is 0 Å². The highest BCUT2D eigenvalue weighted by molar-refractivity contribution is 4.96. The molecule has 0 bridgehead atoms. The van der Waals surface area contributed by atoms with Gasteiger partial charge in [-0.25, -0.2) is 4.98 Å². The molecule has 86 valence electrons. The van der Waals surface area contributed by atoms with Crippen molar-refractivity contribution in [1.29, 1.82) is 0 Å². The van der Waals surface area contributed by atoms with Crippen LogP contribution < -0.4 is 5.73 Å². The summed E-state index contributed by atoms with van der Waals surface area (Å²) in [6.07, 6.45) is 4.65. The Kier molecular flexibility index (Phi) is 5.36. The van der Waals surface area contributed by atoms with E-state index in [2.05, 4.69) is 23.4 Å². The van der Waals surface area contributed by atoms with Gasteiger partial charge in [-0.2, -0.15) is 0 Å². The van der Waals surface area contributed by atoms with Crippen LogP contribution in [0.4, 0.5) is 0 Å². The molecule has 0 fully saturated rings. The van der Waals surface area contributed by atoms with Crippen LogP contribution in [0.25, 0.3) is 0 Å². The molecular formula is C11H21N3O. The van der Waals surface area contributed by atoms with Gasteiger partial charge < -0.3 is 15.0 Å². The van der Waals surface area contributed by atoms with E-state index in [1.165, 1.54) is 0 Å². The van der Waals surface area contributed by atoms with Gasteiger partial charge in [-0.15, -0.1) is 0 Å². The predicted octanol–water partition coefficient (Wildman–Crippen LogP) is 1.40. The molecule has 1 rings (SSSR count). The molecule has 15 heavy (non-hydrogen) atoms. The van der Waals surface area contributed by atoms with Crippen molar-refractivity contribution in [3.8, 4) is 0 Å². The normalized spacial score (nSPS) is 11.2. The minimum absolute atomic E-state index is 0.548. The molecule has 0 radical (unpaired) electrons. The fourth-order valence-corrected chi connectivity index (χ4v) is 1.38. The van der Waals surface area contributed by atoms with E-state index >= 15 is 0 Å². The Morgan fingerprint density at radius 3 is 3.00 bits per heavy atom. The summed E-state index contributed by atoms with van der Waals surface area (Å²) in [4.78, 5) is 4.06. The summed E-state index contributed by atoms with van der Waals surface area (Å²) in [7, 11) is 0. The van der Waals surface area contributed by atoms with E-state index in [1.54, 1.807) is 0 Å². The van der Waals surface area contributed by atoms with E-state index in [1.807, 2.05) is 12.5 Å². The van der Waals surface area contributed by atoms with Crippen molar-refractivity contribution >= 4 is 0 Å². The van der Waals surface area contributed by atoms with Crippen LogP contribution in [-0.2, 0) is 17.8 Å². The number of hydrogen-bond acceptors (Lipinski definition) is 3. The zero-order chi connectivity index (χ0) is 11.1. The van der Waals surface area contributed by atoms with Gasteiger partial charge in [0.1, 0.15) is 0 Å². The SMILES string of the molecule is CC(C)COCCCn1cncc1CN. The Morgan fingerprint density at radius 2 is 2.33 bits per heavy atom. The summed E-state index contributed by atoms with van der Waals surface area (Å²) in [5.74, 6) is 0.609. The summed E-state index contributed by atoms with van der Waals surface area (Å²) < 4.78 is 7.58. The minimum atomic E-state index is 0.548. The van der Waals surface area contributed by atoms with Crippen molar-refractivity contribution in [3.05, 3.63) is 18.2 Å². The molecule has 4 nitrogen and oxygen atoms in total. The van der Waals surface area contributed by atoms with E-state index in [4.69, 9.17) is 10.5 Å². The number of aryl methyl sites for hydroxylation is 1. The van der Waals surface area contributed by atoms with Crippen LogP contribution in [0.15, 0.2) is 12.5 Å². The quantitative estimate of drug-likeness (QED) is 0.694. The van der Waals surface area contributed by atoms with E-state index in [-0.39, 0.29) is 0 Å².